The molecule has 0 radical (unpaired) electrons. The first-order valence-corrected chi connectivity index (χ1v) is 7.78. The molecule has 2 rings (SSSR count). The third-order valence-electron chi connectivity index (χ3n) is 4.10. The van der Waals surface area contributed by atoms with Crippen LogP contribution in [0.1, 0.15) is 35.3 Å². The zero-order chi connectivity index (χ0) is 14.9. The number of thiazole rings is 1. The van der Waals surface area contributed by atoms with Crippen LogP contribution >= 0.6 is 11.3 Å². The van der Waals surface area contributed by atoms with Crippen LogP contribution in [-0.4, -0.2) is 50.8 Å². The molecule has 1 saturated heterocycles. The minimum atomic E-state index is -1.05. The first-order chi connectivity index (χ1) is 9.35. The molecule has 5 nitrogen and oxygen atoms in total. The number of aromatic nitrogens is 1. The lowest BCUT2D eigenvalue weighted by molar-refractivity contribution is -0.149. The largest absolute Gasteiger partial charge is 0.388 e. The van der Waals surface area contributed by atoms with E-state index in [1.165, 1.54) is 0 Å². The van der Waals surface area contributed by atoms with Crippen molar-refractivity contribution in [2.24, 2.45) is 0 Å². The first kappa shape index (κ1) is 15.4. The van der Waals surface area contributed by atoms with Gasteiger partial charge in [-0.3, -0.25) is 4.79 Å². The molecule has 1 fully saturated rings. The highest BCUT2D eigenvalue weighted by Gasteiger charge is 2.40. The van der Waals surface area contributed by atoms with Crippen molar-refractivity contribution in [3.05, 3.63) is 15.6 Å². The highest BCUT2D eigenvalue weighted by Crippen LogP contribution is 2.27. The Kier molecular flexibility index (Phi) is 4.46. The first-order valence-electron chi connectivity index (χ1n) is 6.97. The summed E-state index contributed by atoms with van der Waals surface area (Å²) >= 11 is 1.54. The molecule has 0 unspecified atom stereocenters. The summed E-state index contributed by atoms with van der Waals surface area (Å²) in [6.07, 6.45) is 0.393. The highest BCUT2D eigenvalue weighted by molar-refractivity contribution is 7.11. The molecule has 1 aliphatic rings. The number of piperidine rings is 1. The van der Waals surface area contributed by atoms with Crippen molar-refractivity contribution in [2.75, 3.05) is 13.1 Å². The van der Waals surface area contributed by atoms with Crippen LogP contribution in [0.2, 0.25) is 0 Å². The van der Waals surface area contributed by atoms with Crippen LogP contribution in [-0.2, 0) is 11.2 Å². The number of likely N-dealkylation sites (tertiary alicyclic amines) is 1. The van der Waals surface area contributed by atoms with E-state index < -0.39 is 11.7 Å². The van der Waals surface area contributed by atoms with Crippen molar-refractivity contribution in [1.82, 2.24) is 9.88 Å². The van der Waals surface area contributed by atoms with Gasteiger partial charge in [0.2, 0.25) is 5.91 Å². The maximum atomic E-state index is 12.3. The number of aryl methyl sites for hydroxylation is 2. The molecule has 2 heterocycles. The molecular formula is C14H22N2O3S. The molecule has 0 saturated carbocycles. The third-order valence-corrected chi connectivity index (χ3v) is 5.18. The molecule has 20 heavy (non-hydrogen) atoms. The van der Waals surface area contributed by atoms with Crippen molar-refractivity contribution in [3.8, 4) is 0 Å². The quantitative estimate of drug-likeness (QED) is 0.874. The molecule has 0 aliphatic carbocycles. The van der Waals surface area contributed by atoms with Crippen molar-refractivity contribution in [2.45, 2.75) is 51.7 Å². The van der Waals surface area contributed by atoms with Gasteiger partial charge in [-0.2, -0.15) is 0 Å². The number of hydrogen-bond acceptors (Lipinski definition) is 5. The van der Waals surface area contributed by atoms with Gasteiger partial charge in [0.25, 0.3) is 0 Å². The number of rotatable bonds is 3. The van der Waals surface area contributed by atoms with Gasteiger partial charge in [-0.15, -0.1) is 11.3 Å². The van der Waals surface area contributed by atoms with Crippen molar-refractivity contribution >= 4 is 17.2 Å². The number of amides is 1. The Balaban J connectivity index is 1.99. The van der Waals surface area contributed by atoms with Crippen LogP contribution < -0.4 is 0 Å². The smallest absolute Gasteiger partial charge is 0.227 e. The van der Waals surface area contributed by atoms with E-state index in [1.54, 1.807) is 16.2 Å². The van der Waals surface area contributed by atoms with Crippen LogP contribution in [0.25, 0.3) is 0 Å². The minimum Gasteiger partial charge on any atom is -0.388 e. The molecule has 0 bridgehead atoms. The summed E-state index contributed by atoms with van der Waals surface area (Å²) in [6.45, 7) is 6.39. The van der Waals surface area contributed by atoms with E-state index in [2.05, 4.69) is 4.98 Å². The fourth-order valence-electron chi connectivity index (χ4n) is 2.59. The second-order valence-corrected chi connectivity index (χ2v) is 6.77. The van der Waals surface area contributed by atoms with E-state index in [4.69, 9.17) is 0 Å². The van der Waals surface area contributed by atoms with Crippen LogP contribution in [0.5, 0.6) is 0 Å². The molecule has 2 atom stereocenters. The molecule has 6 heteroatoms. The van der Waals surface area contributed by atoms with Gasteiger partial charge in [-0.25, -0.2) is 4.98 Å². The average molecular weight is 298 g/mol. The van der Waals surface area contributed by atoms with Gasteiger partial charge in [-0.05, 0) is 26.7 Å². The monoisotopic (exact) mass is 298 g/mol. The molecule has 1 aliphatic heterocycles. The third kappa shape index (κ3) is 3.02. The Labute approximate surface area is 123 Å². The lowest BCUT2D eigenvalue weighted by atomic mass is 9.86. The Morgan fingerprint density at radius 2 is 2.25 bits per heavy atom. The Bertz CT molecular complexity index is 503. The van der Waals surface area contributed by atoms with Gasteiger partial charge >= 0.3 is 0 Å². The van der Waals surface area contributed by atoms with Crippen molar-refractivity contribution < 1.29 is 15.0 Å². The van der Waals surface area contributed by atoms with Crippen molar-refractivity contribution in [3.63, 3.8) is 0 Å². The summed E-state index contributed by atoms with van der Waals surface area (Å²) in [4.78, 5) is 19.2. The molecule has 2 N–H and O–H groups in total. The maximum Gasteiger partial charge on any atom is 0.227 e. The number of aliphatic hydroxyl groups is 2. The van der Waals surface area contributed by atoms with Crippen LogP contribution in [0.4, 0.5) is 0 Å². The van der Waals surface area contributed by atoms with Crippen LogP contribution in [0, 0.1) is 13.8 Å². The SMILES string of the molecule is CC[C@@]1(O)CCN(C(=O)Cc2sc(C)nc2C)C[C@H]1O. The standard InChI is InChI=1S/C14H22N2O3S/c1-4-14(19)5-6-16(8-12(14)17)13(18)7-11-9(2)15-10(3)20-11/h12,17,19H,4-8H2,1-3H3/t12-,14-/m1/s1. The van der Waals surface area contributed by atoms with E-state index in [-0.39, 0.29) is 12.5 Å². The van der Waals surface area contributed by atoms with Crippen molar-refractivity contribution in [1.29, 1.82) is 0 Å². The van der Waals surface area contributed by atoms with E-state index in [9.17, 15) is 15.0 Å². The normalized spacial score (nSPS) is 26.9. The van der Waals surface area contributed by atoms with Crippen LogP contribution in [0.3, 0.4) is 0 Å². The van der Waals surface area contributed by atoms with E-state index in [0.29, 0.717) is 25.8 Å². The van der Waals surface area contributed by atoms with Crippen LogP contribution in [0.15, 0.2) is 0 Å². The average Bonchev–Trinajstić information content (AvgIpc) is 2.71. The van der Waals surface area contributed by atoms with E-state index >= 15 is 0 Å². The van der Waals surface area contributed by atoms with Gasteiger partial charge < -0.3 is 15.1 Å². The zero-order valence-electron chi connectivity index (χ0n) is 12.2. The molecule has 1 aromatic heterocycles. The summed E-state index contributed by atoms with van der Waals surface area (Å²) in [6, 6.07) is 0. The molecular weight excluding hydrogens is 276 g/mol. The summed E-state index contributed by atoms with van der Waals surface area (Å²) in [5, 5.41) is 21.2. The maximum absolute atomic E-state index is 12.3. The summed E-state index contributed by atoms with van der Waals surface area (Å²) in [7, 11) is 0. The van der Waals surface area contributed by atoms with E-state index in [0.717, 1.165) is 15.6 Å². The highest BCUT2D eigenvalue weighted by atomic mass is 32.1. The summed E-state index contributed by atoms with van der Waals surface area (Å²) < 4.78 is 0. The predicted molar refractivity (Wildman–Crippen MR) is 77.7 cm³/mol. The topological polar surface area (TPSA) is 73.7 Å². The number of β-amino-alcohol motifs (C(OH)–C–C–N with tert-alkyl or cyclic N) is 1. The van der Waals surface area contributed by atoms with E-state index in [1.807, 2.05) is 20.8 Å². The Morgan fingerprint density at radius 1 is 1.55 bits per heavy atom. The number of carbonyl (C=O) groups excluding carboxylic acids is 1. The summed E-state index contributed by atoms with van der Waals surface area (Å²) in [5.41, 5.74) is -0.142. The predicted octanol–water partition coefficient (Wildman–Crippen LogP) is 1.04. The molecule has 1 aromatic rings. The molecule has 112 valence electrons. The van der Waals surface area contributed by atoms with Gasteiger partial charge in [0.05, 0.1) is 22.7 Å². The fraction of sp³-hybridized carbons (Fsp3) is 0.714. The Morgan fingerprint density at radius 3 is 2.75 bits per heavy atom. The number of nitrogens with zero attached hydrogens (tertiary/aromatic N) is 2. The second-order valence-electron chi connectivity index (χ2n) is 5.48. The number of aliphatic hydroxyl groups excluding tert-OH is 1. The molecule has 0 aromatic carbocycles. The van der Waals surface area contributed by atoms with Gasteiger partial charge in [0, 0.05) is 18.0 Å². The number of hydrogen-bond donors (Lipinski definition) is 2. The number of carbonyl (C=O) groups is 1. The van der Waals surface area contributed by atoms with Gasteiger partial charge in [0.1, 0.15) is 6.10 Å². The Hall–Kier alpha value is -0.980. The fourth-order valence-corrected chi connectivity index (χ4v) is 3.52. The minimum absolute atomic E-state index is 0.00560. The lowest BCUT2D eigenvalue weighted by Gasteiger charge is -2.41. The lowest BCUT2D eigenvalue weighted by Crippen LogP contribution is -2.56. The zero-order valence-corrected chi connectivity index (χ0v) is 13.0. The molecule has 1 amide bonds. The molecule has 0 spiro atoms. The van der Waals surface area contributed by atoms with Gasteiger partial charge in [0.15, 0.2) is 0 Å². The summed E-state index contributed by atoms with van der Waals surface area (Å²) in [5.74, 6) is -0.00560. The second kappa shape index (κ2) is 5.79. The van der Waals surface area contributed by atoms with Gasteiger partial charge in [-0.1, -0.05) is 6.92 Å².